The molecule has 1 aromatic carbocycles. The number of nitrogens with zero attached hydrogens (tertiary/aromatic N) is 1. The van der Waals surface area contributed by atoms with Crippen LogP contribution < -0.4 is 5.32 Å². The molecule has 0 aliphatic rings. The van der Waals surface area contributed by atoms with Crippen LogP contribution >= 0.6 is 0 Å². The van der Waals surface area contributed by atoms with Gasteiger partial charge >= 0.3 is 5.97 Å². The van der Waals surface area contributed by atoms with Crippen molar-refractivity contribution in [2.75, 3.05) is 11.9 Å². The Kier molecular flexibility index (Phi) is 3.84. The van der Waals surface area contributed by atoms with Gasteiger partial charge in [0.15, 0.2) is 12.4 Å². The molecule has 118 valence electrons. The van der Waals surface area contributed by atoms with E-state index in [4.69, 9.17) is 13.7 Å². The van der Waals surface area contributed by atoms with E-state index in [1.165, 1.54) is 0 Å². The number of benzene rings is 1. The SMILES string of the molecule is Cc1cc(NC(=O)COC(=O)c2oc3ccccc3c2C)no1. The van der Waals surface area contributed by atoms with Crippen molar-refractivity contribution in [3.8, 4) is 0 Å². The summed E-state index contributed by atoms with van der Waals surface area (Å²) < 4.78 is 15.3. The van der Waals surface area contributed by atoms with Gasteiger partial charge in [0.2, 0.25) is 5.76 Å². The Morgan fingerprint density at radius 1 is 1.26 bits per heavy atom. The minimum Gasteiger partial charge on any atom is -0.450 e. The standard InChI is InChI=1S/C16H14N2O5/c1-9-7-13(18-23-9)17-14(19)8-21-16(20)15-10(2)11-5-3-4-6-12(11)22-15/h3-7H,8H2,1-2H3,(H,17,18,19). The van der Waals surface area contributed by atoms with Gasteiger partial charge in [0.05, 0.1) is 0 Å². The number of aromatic nitrogens is 1. The number of ether oxygens (including phenoxy) is 1. The summed E-state index contributed by atoms with van der Waals surface area (Å²) in [5.74, 6) is -0.277. The molecule has 7 nitrogen and oxygen atoms in total. The molecular formula is C16H14N2O5. The second-order valence-electron chi connectivity index (χ2n) is 5.00. The molecule has 0 bridgehead atoms. The molecule has 3 aromatic rings. The van der Waals surface area contributed by atoms with E-state index < -0.39 is 18.5 Å². The van der Waals surface area contributed by atoms with E-state index in [1.807, 2.05) is 18.2 Å². The Labute approximate surface area is 131 Å². The Balaban J connectivity index is 1.64. The summed E-state index contributed by atoms with van der Waals surface area (Å²) in [7, 11) is 0. The van der Waals surface area contributed by atoms with Crippen LogP contribution in [0.3, 0.4) is 0 Å². The van der Waals surface area contributed by atoms with E-state index in [0.717, 1.165) is 5.39 Å². The summed E-state index contributed by atoms with van der Waals surface area (Å²) in [6.45, 7) is 3.02. The van der Waals surface area contributed by atoms with Crippen LogP contribution in [0.2, 0.25) is 0 Å². The Bertz CT molecular complexity index is 878. The van der Waals surface area contributed by atoms with Crippen LogP contribution in [0.5, 0.6) is 0 Å². The second kappa shape index (κ2) is 5.96. The first-order chi connectivity index (χ1) is 11.0. The first-order valence-electron chi connectivity index (χ1n) is 6.93. The van der Waals surface area contributed by atoms with E-state index in [0.29, 0.717) is 16.9 Å². The van der Waals surface area contributed by atoms with Gasteiger partial charge in [-0.25, -0.2) is 4.79 Å². The molecule has 1 N–H and O–H groups in total. The van der Waals surface area contributed by atoms with Crippen LogP contribution in [0.15, 0.2) is 39.3 Å². The van der Waals surface area contributed by atoms with Crippen molar-refractivity contribution in [2.45, 2.75) is 13.8 Å². The number of hydrogen-bond donors (Lipinski definition) is 1. The lowest BCUT2D eigenvalue weighted by atomic mass is 10.1. The fourth-order valence-electron chi connectivity index (χ4n) is 2.17. The van der Waals surface area contributed by atoms with Crippen LogP contribution in [0.25, 0.3) is 11.0 Å². The van der Waals surface area contributed by atoms with E-state index >= 15 is 0 Å². The first kappa shape index (κ1) is 14.8. The fraction of sp³-hybridized carbons (Fsp3) is 0.188. The second-order valence-corrected chi connectivity index (χ2v) is 5.00. The highest BCUT2D eigenvalue weighted by Crippen LogP contribution is 2.25. The average molecular weight is 314 g/mol. The highest BCUT2D eigenvalue weighted by atomic mass is 16.5. The normalized spacial score (nSPS) is 10.7. The van der Waals surface area contributed by atoms with Crippen molar-refractivity contribution < 1.29 is 23.3 Å². The molecule has 2 heterocycles. The Morgan fingerprint density at radius 3 is 2.74 bits per heavy atom. The van der Waals surface area contributed by atoms with Gasteiger partial charge in [0.1, 0.15) is 11.3 Å². The first-order valence-corrected chi connectivity index (χ1v) is 6.93. The molecule has 0 atom stereocenters. The number of rotatable bonds is 4. The van der Waals surface area contributed by atoms with Gasteiger partial charge in [-0.05, 0) is 19.9 Å². The summed E-state index contributed by atoms with van der Waals surface area (Å²) in [5, 5.41) is 6.91. The number of nitrogens with one attached hydrogen (secondary N) is 1. The number of amides is 1. The molecular weight excluding hydrogens is 300 g/mol. The molecule has 7 heteroatoms. The molecule has 0 radical (unpaired) electrons. The summed E-state index contributed by atoms with van der Waals surface area (Å²) in [5.41, 5.74) is 1.28. The van der Waals surface area contributed by atoms with Crippen LogP contribution in [0, 0.1) is 13.8 Å². The smallest absolute Gasteiger partial charge is 0.375 e. The van der Waals surface area contributed by atoms with E-state index in [9.17, 15) is 9.59 Å². The minimum atomic E-state index is -0.690. The third-order valence-corrected chi connectivity index (χ3v) is 3.26. The van der Waals surface area contributed by atoms with Crippen LogP contribution in [0.1, 0.15) is 21.9 Å². The van der Waals surface area contributed by atoms with Crippen molar-refractivity contribution in [1.29, 1.82) is 0 Å². The maximum Gasteiger partial charge on any atom is 0.375 e. The summed E-state index contributed by atoms with van der Waals surface area (Å²) in [4.78, 5) is 23.8. The zero-order valence-corrected chi connectivity index (χ0v) is 12.6. The molecule has 2 aromatic heterocycles. The molecule has 0 saturated heterocycles. The number of anilines is 1. The number of para-hydroxylation sites is 1. The highest BCUT2D eigenvalue weighted by Gasteiger charge is 2.20. The molecule has 0 spiro atoms. The zero-order chi connectivity index (χ0) is 16.4. The molecule has 0 aliphatic heterocycles. The molecule has 0 fully saturated rings. The van der Waals surface area contributed by atoms with Gasteiger partial charge in [0.25, 0.3) is 5.91 Å². The number of fused-ring (bicyclic) bond motifs is 1. The largest absolute Gasteiger partial charge is 0.450 e. The van der Waals surface area contributed by atoms with Crippen molar-refractivity contribution in [3.05, 3.63) is 47.4 Å². The predicted octanol–water partition coefficient (Wildman–Crippen LogP) is 2.83. The lowest BCUT2D eigenvalue weighted by Crippen LogP contribution is -2.21. The van der Waals surface area contributed by atoms with Crippen molar-refractivity contribution in [2.24, 2.45) is 0 Å². The molecule has 3 rings (SSSR count). The van der Waals surface area contributed by atoms with E-state index in [-0.39, 0.29) is 11.6 Å². The van der Waals surface area contributed by atoms with E-state index in [2.05, 4.69) is 10.5 Å². The highest BCUT2D eigenvalue weighted by molar-refractivity contribution is 5.98. The van der Waals surface area contributed by atoms with Gasteiger partial charge < -0.3 is 19.0 Å². The van der Waals surface area contributed by atoms with Crippen LogP contribution in [0.4, 0.5) is 5.82 Å². The number of carbonyl (C=O) groups is 2. The predicted molar refractivity (Wildman–Crippen MR) is 81.1 cm³/mol. The topological polar surface area (TPSA) is 94.6 Å². The van der Waals surface area contributed by atoms with Crippen molar-refractivity contribution >= 4 is 28.7 Å². The molecule has 0 aliphatic carbocycles. The number of aryl methyl sites for hydroxylation is 2. The van der Waals surface area contributed by atoms with Crippen molar-refractivity contribution in [3.63, 3.8) is 0 Å². The molecule has 0 unspecified atom stereocenters. The lowest BCUT2D eigenvalue weighted by Gasteiger charge is -2.03. The fourth-order valence-corrected chi connectivity index (χ4v) is 2.17. The van der Waals surface area contributed by atoms with Gasteiger partial charge in [0, 0.05) is 17.0 Å². The Hall–Kier alpha value is -3.09. The van der Waals surface area contributed by atoms with Gasteiger partial charge in [-0.15, -0.1) is 0 Å². The summed E-state index contributed by atoms with van der Waals surface area (Å²) in [6.07, 6.45) is 0. The van der Waals surface area contributed by atoms with Gasteiger partial charge in [-0.2, -0.15) is 0 Å². The molecule has 23 heavy (non-hydrogen) atoms. The third kappa shape index (κ3) is 3.08. The number of carbonyl (C=O) groups excluding carboxylic acids is 2. The van der Waals surface area contributed by atoms with Crippen LogP contribution in [-0.2, 0) is 9.53 Å². The number of hydrogen-bond acceptors (Lipinski definition) is 6. The molecule has 1 amide bonds. The van der Waals surface area contributed by atoms with Gasteiger partial charge in [-0.1, -0.05) is 23.4 Å². The minimum absolute atomic E-state index is 0.0938. The monoisotopic (exact) mass is 314 g/mol. The van der Waals surface area contributed by atoms with E-state index in [1.54, 1.807) is 26.0 Å². The van der Waals surface area contributed by atoms with Crippen molar-refractivity contribution in [1.82, 2.24) is 5.16 Å². The van der Waals surface area contributed by atoms with Gasteiger partial charge in [-0.3, -0.25) is 4.79 Å². The number of furan rings is 1. The maximum absolute atomic E-state index is 12.1. The third-order valence-electron chi connectivity index (χ3n) is 3.26. The van der Waals surface area contributed by atoms with Crippen LogP contribution in [-0.4, -0.2) is 23.6 Å². The number of esters is 1. The Morgan fingerprint density at radius 2 is 2.04 bits per heavy atom. The quantitative estimate of drug-likeness (QED) is 0.744. The summed E-state index contributed by atoms with van der Waals surface area (Å²) in [6, 6.07) is 8.84. The zero-order valence-electron chi connectivity index (χ0n) is 12.6. The molecule has 0 saturated carbocycles. The maximum atomic E-state index is 12.1. The lowest BCUT2D eigenvalue weighted by molar-refractivity contribution is -0.119. The summed E-state index contributed by atoms with van der Waals surface area (Å²) >= 11 is 0. The average Bonchev–Trinajstić information content (AvgIpc) is 3.09.